The van der Waals surface area contributed by atoms with Gasteiger partial charge in [0, 0.05) is 32.7 Å². The van der Waals surface area contributed by atoms with Crippen molar-refractivity contribution in [3.05, 3.63) is 59.7 Å². The van der Waals surface area contributed by atoms with Crippen LogP contribution in [-0.2, 0) is 19.1 Å². The average molecular weight is 467 g/mol. The number of hydrogen-bond acceptors (Lipinski definition) is 5. The smallest absolute Gasteiger partial charge is 0.407 e. The van der Waals surface area contributed by atoms with Crippen molar-refractivity contribution in [1.82, 2.24) is 10.2 Å². The maximum Gasteiger partial charge on any atom is 0.407 e. The molecule has 34 heavy (non-hydrogen) atoms. The molecule has 1 heterocycles. The highest BCUT2D eigenvalue weighted by Crippen LogP contribution is 2.44. The highest BCUT2D eigenvalue weighted by molar-refractivity contribution is 5.89. The minimum atomic E-state index is -1.20. The Kier molecular flexibility index (Phi) is 7.47. The number of carboxylic acid groups (broad SMARTS) is 1. The summed E-state index contributed by atoms with van der Waals surface area (Å²) in [7, 11) is 1.63. The molecule has 0 spiro atoms. The van der Waals surface area contributed by atoms with Crippen LogP contribution >= 0.6 is 0 Å². The predicted octanol–water partition coefficient (Wildman–Crippen LogP) is 3.25. The van der Waals surface area contributed by atoms with Gasteiger partial charge in [-0.1, -0.05) is 48.5 Å². The number of likely N-dealkylation sites (N-methyl/N-ethyl adjacent to an activating group) is 1. The van der Waals surface area contributed by atoms with Crippen molar-refractivity contribution in [2.75, 3.05) is 33.4 Å². The fourth-order valence-electron chi connectivity index (χ4n) is 4.83. The number of aliphatic carboxylic acids is 1. The van der Waals surface area contributed by atoms with Gasteiger partial charge in [-0.3, -0.25) is 9.59 Å². The van der Waals surface area contributed by atoms with Crippen LogP contribution in [0, 0.1) is 5.92 Å². The first kappa shape index (κ1) is 23.8. The van der Waals surface area contributed by atoms with Crippen LogP contribution in [0.25, 0.3) is 11.1 Å². The molecule has 4 rings (SSSR count). The Balaban J connectivity index is 1.38. The summed E-state index contributed by atoms with van der Waals surface area (Å²) >= 11 is 0. The second-order valence-electron chi connectivity index (χ2n) is 8.89. The van der Waals surface area contributed by atoms with Crippen LogP contribution in [0.5, 0.6) is 0 Å². The van der Waals surface area contributed by atoms with Crippen LogP contribution in [0.3, 0.4) is 0 Å². The van der Waals surface area contributed by atoms with Crippen molar-refractivity contribution in [2.45, 2.75) is 31.2 Å². The molecule has 2 N–H and O–H groups in total. The molecule has 0 radical (unpaired) electrons. The van der Waals surface area contributed by atoms with Gasteiger partial charge < -0.3 is 24.8 Å². The third kappa shape index (κ3) is 5.39. The second kappa shape index (κ2) is 10.7. The quantitative estimate of drug-likeness (QED) is 0.619. The Morgan fingerprint density at radius 2 is 1.65 bits per heavy atom. The number of nitrogens with one attached hydrogen (secondary N) is 1. The van der Waals surface area contributed by atoms with E-state index in [0.717, 1.165) is 35.1 Å². The van der Waals surface area contributed by atoms with Gasteiger partial charge in [-0.05, 0) is 41.0 Å². The normalized spacial score (nSPS) is 16.3. The Labute approximate surface area is 198 Å². The van der Waals surface area contributed by atoms with Crippen LogP contribution in [0.4, 0.5) is 4.79 Å². The van der Waals surface area contributed by atoms with Crippen molar-refractivity contribution >= 4 is 18.0 Å². The van der Waals surface area contributed by atoms with Crippen LogP contribution in [0.2, 0.25) is 0 Å². The molecule has 2 amide bonds. The number of amides is 2. The fraction of sp³-hybridized carbons (Fsp3) is 0.423. The first-order valence-electron chi connectivity index (χ1n) is 11.6. The minimum Gasteiger partial charge on any atom is -0.481 e. The van der Waals surface area contributed by atoms with Gasteiger partial charge in [-0.2, -0.15) is 0 Å². The average Bonchev–Trinajstić information content (AvgIpc) is 3.16. The summed E-state index contributed by atoms with van der Waals surface area (Å²) < 4.78 is 10.9. The minimum absolute atomic E-state index is 0.0890. The van der Waals surface area contributed by atoms with E-state index in [4.69, 9.17) is 9.47 Å². The van der Waals surface area contributed by atoms with E-state index in [9.17, 15) is 19.5 Å². The first-order chi connectivity index (χ1) is 16.4. The third-order valence-electron chi connectivity index (χ3n) is 6.56. The van der Waals surface area contributed by atoms with Crippen molar-refractivity contribution in [3.63, 3.8) is 0 Å². The molecule has 180 valence electrons. The summed E-state index contributed by atoms with van der Waals surface area (Å²) in [5, 5.41) is 11.8. The molecule has 1 fully saturated rings. The number of carboxylic acids is 1. The number of hydrogen-bond donors (Lipinski definition) is 2. The Bertz CT molecular complexity index is 1000. The number of benzene rings is 2. The van der Waals surface area contributed by atoms with Crippen molar-refractivity contribution in [1.29, 1.82) is 0 Å². The zero-order valence-corrected chi connectivity index (χ0v) is 19.2. The summed E-state index contributed by atoms with van der Waals surface area (Å²) in [5.74, 6) is -1.44. The SMILES string of the molecule is CN(CC1CCOCC1)C(=O)C(CC(=O)O)NC(=O)OCC1c2ccccc2-c2ccccc21. The number of ether oxygens (including phenoxy) is 2. The van der Waals surface area contributed by atoms with Gasteiger partial charge in [0.05, 0.1) is 6.42 Å². The van der Waals surface area contributed by atoms with Gasteiger partial charge >= 0.3 is 12.1 Å². The summed E-state index contributed by atoms with van der Waals surface area (Å²) in [6, 6.07) is 14.8. The molecular formula is C26H30N2O6. The highest BCUT2D eigenvalue weighted by atomic mass is 16.5. The maximum absolute atomic E-state index is 12.9. The zero-order valence-electron chi connectivity index (χ0n) is 19.2. The van der Waals surface area contributed by atoms with Crippen molar-refractivity contribution in [2.24, 2.45) is 5.92 Å². The Hall–Kier alpha value is -3.39. The molecule has 1 aliphatic carbocycles. The molecule has 2 aromatic rings. The number of nitrogens with zero attached hydrogens (tertiary/aromatic N) is 1. The van der Waals surface area contributed by atoms with E-state index in [-0.39, 0.29) is 12.5 Å². The molecule has 1 unspecified atom stereocenters. The number of rotatable bonds is 8. The van der Waals surface area contributed by atoms with Gasteiger partial charge in [0.25, 0.3) is 0 Å². The van der Waals surface area contributed by atoms with Crippen LogP contribution in [0.1, 0.15) is 36.3 Å². The van der Waals surface area contributed by atoms with Crippen LogP contribution in [0.15, 0.2) is 48.5 Å². The van der Waals surface area contributed by atoms with E-state index < -0.39 is 30.4 Å². The number of fused-ring (bicyclic) bond motifs is 3. The standard InChI is InChI=1S/C26H30N2O6/c1-28(15-17-10-12-33-13-11-17)25(31)23(14-24(29)30)27-26(32)34-16-22-20-8-4-2-6-18(20)19-7-3-5-9-21(19)22/h2-9,17,22-23H,10-16H2,1H3,(H,27,32)(H,29,30). The van der Waals surface area contributed by atoms with Gasteiger partial charge in [-0.15, -0.1) is 0 Å². The summed E-state index contributed by atoms with van der Waals surface area (Å²) in [6.07, 6.45) is 0.379. The van der Waals surface area contributed by atoms with E-state index in [2.05, 4.69) is 5.32 Å². The number of carbonyl (C=O) groups excluding carboxylic acids is 2. The molecule has 1 aliphatic heterocycles. The molecular weight excluding hydrogens is 436 g/mol. The summed E-state index contributed by atoms with van der Waals surface area (Å²) in [4.78, 5) is 38.4. The predicted molar refractivity (Wildman–Crippen MR) is 125 cm³/mol. The number of carbonyl (C=O) groups is 3. The lowest BCUT2D eigenvalue weighted by atomic mass is 9.98. The zero-order chi connectivity index (χ0) is 24.1. The molecule has 0 bridgehead atoms. The molecule has 2 aliphatic rings. The monoisotopic (exact) mass is 466 g/mol. The molecule has 0 aromatic heterocycles. The molecule has 8 nitrogen and oxygen atoms in total. The van der Waals surface area contributed by atoms with Crippen LogP contribution < -0.4 is 5.32 Å². The third-order valence-corrected chi connectivity index (χ3v) is 6.56. The van der Waals surface area contributed by atoms with E-state index >= 15 is 0 Å². The Morgan fingerprint density at radius 1 is 1.06 bits per heavy atom. The van der Waals surface area contributed by atoms with E-state index in [1.165, 1.54) is 4.90 Å². The molecule has 0 saturated carbocycles. The van der Waals surface area contributed by atoms with Crippen LogP contribution in [-0.4, -0.2) is 67.4 Å². The number of alkyl carbamates (subject to hydrolysis) is 1. The van der Waals surface area contributed by atoms with Crippen molar-refractivity contribution < 1.29 is 29.0 Å². The van der Waals surface area contributed by atoms with Gasteiger partial charge in [-0.25, -0.2) is 4.79 Å². The maximum atomic E-state index is 12.9. The van der Waals surface area contributed by atoms with E-state index in [0.29, 0.717) is 25.7 Å². The molecule has 2 aromatic carbocycles. The van der Waals surface area contributed by atoms with E-state index in [1.807, 2.05) is 48.5 Å². The largest absolute Gasteiger partial charge is 0.481 e. The summed E-state index contributed by atoms with van der Waals surface area (Å²) in [6.45, 7) is 1.89. The molecule has 8 heteroatoms. The fourth-order valence-corrected chi connectivity index (χ4v) is 4.83. The highest BCUT2D eigenvalue weighted by Gasteiger charge is 2.31. The summed E-state index contributed by atoms with van der Waals surface area (Å²) in [5.41, 5.74) is 4.37. The lowest BCUT2D eigenvalue weighted by Gasteiger charge is -2.29. The van der Waals surface area contributed by atoms with E-state index in [1.54, 1.807) is 7.05 Å². The van der Waals surface area contributed by atoms with Gasteiger partial charge in [0.15, 0.2) is 0 Å². The van der Waals surface area contributed by atoms with Gasteiger partial charge in [0.2, 0.25) is 5.91 Å². The second-order valence-corrected chi connectivity index (χ2v) is 8.89. The molecule has 1 atom stereocenters. The van der Waals surface area contributed by atoms with Gasteiger partial charge in [0.1, 0.15) is 12.6 Å². The first-order valence-corrected chi connectivity index (χ1v) is 11.6. The topological polar surface area (TPSA) is 105 Å². The van der Waals surface area contributed by atoms with Crippen molar-refractivity contribution in [3.8, 4) is 11.1 Å². The lowest BCUT2D eigenvalue weighted by Crippen LogP contribution is -2.49. The lowest BCUT2D eigenvalue weighted by molar-refractivity contribution is -0.142. The molecule has 1 saturated heterocycles. The Morgan fingerprint density at radius 3 is 2.24 bits per heavy atom.